The normalized spacial score (nSPS) is 15.2. The molecule has 0 saturated carbocycles. The Bertz CT molecular complexity index is 1080. The standard InChI is InChI=1S/C27H27NO4/c1-4-19(25(29)31-2)24(26(30)32-3)28-27(18-12-6-5-7-13-18)22-16-10-8-14-20(22)21-15-9-11-17-23(21)27/h5-17,19,24,28H,4H2,1-3H3/t19-,24+/m1/s1. The van der Waals surface area contributed by atoms with Crippen LogP contribution in [0.15, 0.2) is 78.9 Å². The smallest absolute Gasteiger partial charge is 0.323 e. The van der Waals surface area contributed by atoms with Crippen LogP contribution in [0.2, 0.25) is 0 Å². The highest BCUT2D eigenvalue weighted by Crippen LogP contribution is 2.51. The van der Waals surface area contributed by atoms with Gasteiger partial charge in [0.15, 0.2) is 0 Å². The molecule has 3 aromatic carbocycles. The lowest BCUT2D eigenvalue weighted by atomic mass is 9.79. The van der Waals surface area contributed by atoms with Gasteiger partial charge in [0.2, 0.25) is 0 Å². The first-order chi connectivity index (χ1) is 15.6. The van der Waals surface area contributed by atoms with E-state index in [0.29, 0.717) is 6.42 Å². The van der Waals surface area contributed by atoms with Crippen LogP contribution in [0.4, 0.5) is 0 Å². The topological polar surface area (TPSA) is 64.6 Å². The minimum Gasteiger partial charge on any atom is -0.469 e. The SMILES string of the molecule is CC[C@@H](C(=O)OC)[C@H](NC1(c2ccccc2)c2ccccc2-c2ccccc21)C(=O)OC. The summed E-state index contributed by atoms with van der Waals surface area (Å²) in [4.78, 5) is 25.7. The Kier molecular flexibility index (Phi) is 6.10. The van der Waals surface area contributed by atoms with E-state index in [4.69, 9.17) is 9.47 Å². The molecular formula is C27H27NO4. The number of carbonyl (C=O) groups is 2. The van der Waals surface area contributed by atoms with Gasteiger partial charge in [-0.3, -0.25) is 14.9 Å². The van der Waals surface area contributed by atoms with Gasteiger partial charge < -0.3 is 9.47 Å². The van der Waals surface area contributed by atoms with Crippen LogP contribution in [0.3, 0.4) is 0 Å². The zero-order valence-electron chi connectivity index (χ0n) is 18.5. The monoisotopic (exact) mass is 429 g/mol. The van der Waals surface area contributed by atoms with Gasteiger partial charge in [0.25, 0.3) is 0 Å². The lowest BCUT2D eigenvalue weighted by molar-refractivity contribution is -0.155. The predicted molar refractivity (Wildman–Crippen MR) is 123 cm³/mol. The van der Waals surface area contributed by atoms with Gasteiger partial charge in [0, 0.05) is 0 Å². The van der Waals surface area contributed by atoms with E-state index in [1.807, 2.05) is 61.5 Å². The molecule has 0 aliphatic heterocycles. The number of esters is 2. The summed E-state index contributed by atoms with van der Waals surface area (Å²) in [7, 11) is 2.68. The summed E-state index contributed by atoms with van der Waals surface area (Å²) in [5.41, 5.74) is 4.38. The summed E-state index contributed by atoms with van der Waals surface area (Å²) < 4.78 is 10.2. The van der Waals surface area contributed by atoms with Crippen molar-refractivity contribution in [1.82, 2.24) is 5.32 Å². The second kappa shape index (κ2) is 8.97. The van der Waals surface area contributed by atoms with Crippen LogP contribution in [-0.4, -0.2) is 32.2 Å². The van der Waals surface area contributed by atoms with E-state index in [2.05, 4.69) is 29.6 Å². The third kappa shape index (κ3) is 3.39. The van der Waals surface area contributed by atoms with Crippen molar-refractivity contribution in [3.8, 4) is 11.1 Å². The van der Waals surface area contributed by atoms with Gasteiger partial charge in [-0.2, -0.15) is 0 Å². The molecule has 0 saturated heterocycles. The summed E-state index contributed by atoms with van der Waals surface area (Å²) >= 11 is 0. The molecule has 5 heteroatoms. The first-order valence-electron chi connectivity index (χ1n) is 10.8. The van der Waals surface area contributed by atoms with Gasteiger partial charge in [-0.15, -0.1) is 0 Å². The number of fused-ring (bicyclic) bond motifs is 3. The maximum atomic E-state index is 13.0. The Morgan fingerprint density at radius 1 is 0.781 bits per heavy atom. The summed E-state index contributed by atoms with van der Waals surface area (Å²) in [5, 5.41) is 3.60. The summed E-state index contributed by atoms with van der Waals surface area (Å²) in [6.07, 6.45) is 0.424. The van der Waals surface area contributed by atoms with E-state index in [1.165, 1.54) is 14.2 Å². The average molecular weight is 430 g/mol. The molecule has 3 aromatic rings. The van der Waals surface area contributed by atoms with Gasteiger partial charge in [0.05, 0.1) is 25.7 Å². The third-order valence-electron chi connectivity index (χ3n) is 6.33. The lowest BCUT2D eigenvalue weighted by Gasteiger charge is -2.38. The molecule has 5 nitrogen and oxygen atoms in total. The minimum absolute atomic E-state index is 0.424. The van der Waals surface area contributed by atoms with Crippen LogP contribution in [-0.2, 0) is 24.6 Å². The number of rotatable bonds is 7. The first kappa shape index (κ1) is 21.8. The van der Waals surface area contributed by atoms with Crippen molar-refractivity contribution in [2.75, 3.05) is 14.2 Å². The molecule has 0 unspecified atom stereocenters. The maximum absolute atomic E-state index is 13.0. The molecule has 2 atom stereocenters. The molecule has 0 bridgehead atoms. The number of ether oxygens (including phenoxy) is 2. The van der Waals surface area contributed by atoms with Crippen LogP contribution in [0.1, 0.15) is 30.0 Å². The summed E-state index contributed by atoms with van der Waals surface area (Å²) in [6.45, 7) is 1.87. The van der Waals surface area contributed by atoms with Gasteiger partial charge in [0.1, 0.15) is 6.04 Å². The van der Waals surface area contributed by atoms with Crippen LogP contribution in [0.5, 0.6) is 0 Å². The lowest BCUT2D eigenvalue weighted by Crippen LogP contribution is -2.56. The van der Waals surface area contributed by atoms with Gasteiger partial charge in [-0.05, 0) is 34.2 Å². The average Bonchev–Trinajstić information content (AvgIpc) is 3.14. The van der Waals surface area contributed by atoms with Gasteiger partial charge in [-0.1, -0.05) is 85.8 Å². The molecule has 4 rings (SSSR count). The zero-order chi connectivity index (χ0) is 22.7. The molecule has 0 aromatic heterocycles. The Balaban J connectivity index is 1.99. The van der Waals surface area contributed by atoms with E-state index in [9.17, 15) is 9.59 Å². The number of benzene rings is 3. The molecular weight excluding hydrogens is 402 g/mol. The molecule has 0 spiro atoms. The number of hydrogen-bond donors (Lipinski definition) is 1. The molecule has 0 heterocycles. The molecule has 1 aliphatic carbocycles. The second-order valence-corrected chi connectivity index (χ2v) is 7.89. The molecule has 0 amide bonds. The largest absolute Gasteiger partial charge is 0.469 e. The predicted octanol–water partition coefficient (Wildman–Crippen LogP) is 4.29. The maximum Gasteiger partial charge on any atom is 0.323 e. The number of methoxy groups -OCH3 is 2. The van der Waals surface area contributed by atoms with E-state index in [0.717, 1.165) is 27.8 Å². The molecule has 0 radical (unpaired) electrons. The highest BCUT2D eigenvalue weighted by atomic mass is 16.5. The molecule has 32 heavy (non-hydrogen) atoms. The first-order valence-corrected chi connectivity index (χ1v) is 10.8. The Morgan fingerprint density at radius 3 is 1.78 bits per heavy atom. The van der Waals surface area contributed by atoms with Crippen molar-refractivity contribution in [2.24, 2.45) is 5.92 Å². The highest BCUT2D eigenvalue weighted by Gasteiger charge is 2.49. The van der Waals surface area contributed by atoms with Gasteiger partial charge >= 0.3 is 11.9 Å². The quantitative estimate of drug-likeness (QED) is 0.568. The van der Waals surface area contributed by atoms with Crippen LogP contribution in [0.25, 0.3) is 11.1 Å². The van der Waals surface area contributed by atoms with Crippen LogP contribution < -0.4 is 5.32 Å². The minimum atomic E-state index is -0.906. The fourth-order valence-corrected chi connectivity index (χ4v) is 4.85. The Morgan fingerprint density at radius 2 is 1.28 bits per heavy atom. The van der Waals surface area contributed by atoms with Crippen LogP contribution in [0, 0.1) is 5.92 Å². The molecule has 164 valence electrons. The third-order valence-corrected chi connectivity index (χ3v) is 6.33. The Labute approximate surface area is 188 Å². The van der Waals surface area contributed by atoms with Crippen molar-refractivity contribution in [3.05, 3.63) is 95.6 Å². The molecule has 0 fully saturated rings. The fourth-order valence-electron chi connectivity index (χ4n) is 4.85. The second-order valence-electron chi connectivity index (χ2n) is 7.89. The van der Waals surface area contributed by atoms with Crippen molar-refractivity contribution in [2.45, 2.75) is 24.9 Å². The summed E-state index contributed by atoms with van der Waals surface area (Å²) in [6, 6.07) is 25.4. The van der Waals surface area contributed by atoms with E-state index < -0.39 is 29.4 Å². The number of hydrogen-bond acceptors (Lipinski definition) is 5. The number of nitrogens with one attached hydrogen (secondary N) is 1. The van der Waals surface area contributed by atoms with Crippen molar-refractivity contribution >= 4 is 11.9 Å². The summed E-state index contributed by atoms with van der Waals surface area (Å²) in [5.74, 6) is -1.65. The van der Waals surface area contributed by atoms with E-state index in [1.54, 1.807) is 0 Å². The van der Waals surface area contributed by atoms with Crippen molar-refractivity contribution in [3.63, 3.8) is 0 Å². The molecule has 1 N–H and O–H groups in total. The zero-order valence-corrected chi connectivity index (χ0v) is 18.5. The Hall–Kier alpha value is -3.44. The fraction of sp³-hybridized carbons (Fsp3) is 0.259. The van der Waals surface area contributed by atoms with E-state index >= 15 is 0 Å². The van der Waals surface area contributed by atoms with Crippen LogP contribution >= 0.6 is 0 Å². The van der Waals surface area contributed by atoms with Gasteiger partial charge in [-0.25, -0.2) is 0 Å². The number of carbonyl (C=O) groups excluding carboxylic acids is 2. The van der Waals surface area contributed by atoms with E-state index in [-0.39, 0.29) is 0 Å². The highest BCUT2D eigenvalue weighted by molar-refractivity contribution is 5.87. The van der Waals surface area contributed by atoms with Crippen molar-refractivity contribution in [1.29, 1.82) is 0 Å². The molecule has 1 aliphatic rings. The van der Waals surface area contributed by atoms with Crippen molar-refractivity contribution < 1.29 is 19.1 Å².